The molecule has 2 heterocycles. The number of benzene rings is 1. The van der Waals surface area contributed by atoms with Crippen molar-refractivity contribution >= 4 is 27.5 Å². The highest BCUT2D eigenvalue weighted by Crippen LogP contribution is 2.36. The number of hydrogen-bond donors (Lipinski definition) is 1. The molecular weight excluding hydrogens is 430 g/mol. The number of nitrogens with zero attached hydrogens (tertiary/aromatic N) is 2. The standard InChI is InChI=1S/C23H33N3O5S/c1-15-12-19-20(31-16(2)22(27)24-19)13-21(15)32(29,30)26-11-7-8-17(14-26)23(28)25(3)18-9-5-4-6-10-18/h12-13,16-18H,4-11,14H2,1-3H3,(H,24,27). The monoisotopic (exact) mass is 463 g/mol. The highest BCUT2D eigenvalue weighted by molar-refractivity contribution is 7.89. The van der Waals surface area contributed by atoms with Crippen molar-refractivity contribution in [2.75, 3.05) is 25.5 Å². The van der Waals surface area contributed by atoms with Gasteiger partial charge < -0.3 is 15.0 Å². The topological polar surface area (TPSA) is 96.0 Å². The van der Waals surface area contributed by atoms with Crippen LogP contribution >= 0.6 is 0 Å². The molecule has 1 saturated carbocycles. The summed E-state index contributed by atoms with van der Waals surface area (Å²) in [6.07, 6.45) is 6.24. The van der Waals surface area contributed by atoms with Crippen LogP contribution in [0, 0.1) is 12.8 Å². The number of aryl methyl sites for hydroxylation is 1. The molecule has 2 atom stereocenters. The highest BCUT2D eigenvalue weighted by atomic mass is 32.2. The van der Waals surface area contributed by atoms with E-state index in [1.165, 1.54) is 16.8 Å². The lowest BCUT2D eigenvalue weighted by Crippen LogP contribution is -2.48. The summed E-state index contributed by atoms with van der Waals surface area (Å²) in [7, 11) is -1.94. The maximum Gasteiger partial charge on any atom is 0.265 e. The largest absolute Gasteiger partial charge is 0.479 e. The van der Waals surface area contributed by atoms with Gasteiger partial charge in [0.05, 0.1) is 16.5 Å². The number of rotatable bonds is 4. The number of amides is 2. The average Bonchev–Trinajstić information content (AvgIpc) is 2.79. The fourth-order valence-corrected chi connectivity index (χ4v) is 6.80. The Morgan fingerprint density at radius 1 is 1.16 bits per heavy atom. The van der Waals surface area contributed by atoms with E-state index in [4.69, 9.17) is 4.74 Å². The van der Waals surface area contributed by atoms with Gasteiger partial charge in [-0.3, -0.25) is 9.59 Å². The van der Waals surface area contributed by atoms with Crippen LogP contribution in [0.4, 0.5) is 5.69 Å². The van der Waals surface area contributed by atoms with E-state index in [0.717, 1.165) is 25.7 Å². The maximum absolute atomic E-state index is 13.5. The first-order chi connectivity index (χ1) is 15.2. The molecule has 1 aromatic rings. The lowest BCUT2D eigenvalue weighted by atomic mass is 9.92. The van der Waals surface area contributed by atoms with Crippen LogP contribution in [0.2, 0.25) is 0 Å². The third kappa shape index (κ3) is 4.37. The fourth-order valence-electron chi connectivity index (χ4n) is 5.06. The van der Waals surface area contributed by atoms with E-state index in [9.17, 15) is 18.0 Å². The van der Waals surface area contributed by atoms with Crippen LogP contribution in [0.1, 0.15) is 57.4 Å². The van der Waals surface area contributed by atoms with Crippen molar-refractivity contribution in [2.24, 2.45) is 5.92 Å². The van der Waals surface area contributed by atoms with Gasteiger partial charge in [-0.2, -0.15) is 4.31 Å². The Kier molecular flexibility index (Phi) is 6.49. The van der Waals surface area contributed by atoms with Crippen LogP contribution in [0.15, 0.2) is 17.0 Å². The molecule has 2 fully saturated rings. The molecule has 32 heavy (non-hydrogen) atoms. The molecule has 4 rings (SSSR count). The molecule has 1 N–H and O–H groups in total. The number of sulfonamides is 1. The average molecular weight is 464 g/mol. The molecule has 8 nitrogen and oxygen atoms in total. The van der Waals surface area contributed by atoms with Gasteiger partial charge >= 0.3 is 0 Å². The van der Waals surface area contributed by atoms with Crippen molar-refractivity contribution in [3.63, 3.8) is 0 Å². The van der Waals surface area contributed by atoms with Crippen LogP contribution in [-0.4, -0.2) is 61.7 Å². The lowest BCUT2D eigenvalue weighted by Gasteiger charge is -2.37. The molecule has 0 aromatic heterocycles. The normalized spacial score (nSPS) is 24.9. The van der Waals surface area contributed by atoms with E-state index >= 15 is 0 Å². The van der Waals surface area contributed by atoms with Crippen LogP contribution in [-0.2, 0) is 19.6 Å². The van der Waals surface area contributed by atoms with Gasteiger partial charge in [0.2, 0.25) is 15.9 Å². The van der Waals surface area contributed by atoms with Crippen molar-refractivity contribution in [3.05, 3.63) is 17.7 Å². The van der Waals surface area contributed by atoms with Gasteiger partial charge in [0, 0.05) is 32.2 Å². The van der Waals surface area contributed by atoms with Crippen LogP contribution < -0.4 is 10.1 Å². The Balaban J connectivity index is 1.53. The minimum Gasteiger partial charge on any atom is -0.479 e. The maximum atomic E-state index is 13.5. The zero-order valence-electron chi connectivity index (χ0n) is 19.1. The first-order valence-corrected chi connectivity index (χ1v) is 13.0. The minimum absolute atomic E-state index is 0.0545. The number of nitrogens with one attached hydrogen (secondary N) is 1. The molecule has 2 unspecified atom stereocenters. The zero-order valence-corrected chi connectivity index (χ0v) is 19.9. The summed E-state index contributed by atoms with van der Waals surface area (Å²) in [5.41, 5.74) is 1.01. The Hall–Kier alpha value is -2.13. The summed E-state index contributed by atoms with van der Waals surface area (Å²) in [6, 6.07) is 3.39. The van der Waals surface area contributed by atoms with Gasteiger partial charge in [0.25, 0.3) is 5.91 Å². The third-order valence-electron chi connectivity index (χ3n) is 7.03. The summed E-state index contributed by atoms with van der Waals surface area (Å²) in [6.45, 7) is 3.92. The zero-order chi connectivity index (χ0) is 23.0. The predicted molar refractivity (Wildman–Crippen MR) is 121 cm³/mol. The number of fused-ring (bicyclic) bond motifs is 1. The number of ether oxygens (including phenoxy) is 1. The molecule has 1 saturated heterocycles. The van der Waals surface area contributed by atoms with Crippen molar-refractivity contribution in [1.29, 1.82) is 0 Å². The molecule has 0 bridgehead atoms. The third-order valence-corrected chi connectivity index (χ3v) is 9.04. The molecule has 176 valence electrons. The lowest BCUT2D eigenvalue weighted by molar-refractivity contribution is -0.138. The number of carbonyl (C=O) groups is 2. The van der Waals surface area contributed by atoms with Crippen LogP contribution in [0.25, 0.3) is 0 Å². The second kappa shape index (κ2) is 9.02. The van der Waals surface area contributed by atoms with Crippen LogP contribution in [0.3, 0.4) is 0 Å². The molecule has 1 aromatic carbocycles. The Morgan fingerprint density at radius 3 is 2.59 bits per heavy atom. The van der Waals surface area contributed by atoms with E-state index < -0.39 is 16.1 Å². The molecule has 3 aliphatic rings. The van der Waals surface area contributed by atoms with E-state index in [0.29, 0.717) is 36.4 Å². The van der Waals surface area contributed by atoms with Crippen molar-refractivity contribution in [2.45, 2.75) is 75.8 Å². The van der Waals surface area contributed by atoms with E-state index in [1.54, 1.807) is 19.9 Å². The summed E-state index contributed by atoms with van der Waals surface area (Å²) in [4.78, 5) is 27.1. The Bertz CT molecular complexity index is 1000. The van der Waals surface area contributed by atoms with Gasteiger partial charge in [-0.05, 0) is 51.2 Å². The SMILES string of the molecule is Cc1cc2c(cc1S(=O)(=O)N1CCCC(C(=O)N(C)C3CCCCC3)C1)OC(C)C(=O)N2. The Labute approximate surface area is 190 Å². The number of piperidine rings is 1. The fraction of sp³-hybridized carbons (Fsp3) is 0.652. The minimum atomic E-state index is -3.80. The number of anilines is 1. The first kappa shape index (κ1) is 23.0. The first-order valence-electron chi connectivity index (χ1n) is 11.6. The predicted octanol–water partition coefficient (Wildman–Crippen LogP) is 2.91. The second-order valence-electron chi connectivity index (χ2n) is 9.31. The summed E-state index contributed by atoms with van der Waals surface area (Å²) >= 11 is 0. The van der Waals surface area contributed by atoms with E-state index in [-0.39, 0.29) is 35.2 Å². The molecule has 9 heteroatoms. The molecular formula is C23H33N3O5S. The number of hydrogen-bond acceptors (Lipinski definition) is 5. The van der Waals surface area contributed by atoms with Crippen LogP contribution in [0.5, 0.6) is 5.75 Å². The van der Waals surface area contributed by atoms with Gasteiger partial charge in [-0.25, -0.2) is 8.42 Å². The van der Waals surface area contributed by atoms with Crippen molar-refractivity contribution in [1.82, 2.24) is 9.21 Å². The number of carbonyl (C=O) groups excluding carboxylic acids is 2. The van der Waals surface area contributed by atoms with E-state index in [1.807, 2.05) is 11.9 Å². The quantitative estimate of drug-likeness (QED) is 0.741. The Morgan fingerprint density at radius 2 is 1.88 bits per heavy atom. The summed E-state index contributed by atoms with van der Waals surface area (Å²) < 4.78 is 34.1. The second-order valence-corrected chi connectivity index (χ2v) is 11.2. The highest BCUT2D eigenvalue weighted by Gasteiger charge is 2.37. The molecule has 0 radical (unpaired) electrons. The molecule has 1 aliphatic carbocycles. The van der Waals surface area contributed by atoms with Gasteiger partial charge in [-0.1, -0.05) is 19.3 Å². The van der Waals surface area contributed by atoms with Gasteiger partial charge in [0.1, 0.15) is 5.75 Å². The van der Waals surface area contributed by atoms with Gasteiger partial charge in [0.15, 0.2) is 6.10 Å². The van der Waals surface area contributed by atoms with Crippen molar-refractivity contribution < 1.29 is 22.7 Å². The molecule has 2 amide bonds. The summed E-state index contributed by atoms with van der Waals surface area (Å²) in [5.74, 6) is -0.173. The summed E-state index contributed by atoms with van der Waals surface area (Å²) in [5, 5.41) is 2.75. The van der Waals surface area contributed by atoms with Crippen molar-refractivity contribution in [3.8, 4) is 5.75 Å². The van der Waals surface area contributed by atoms with E-state index in [2.05, 4.69) is 5.32 Å². The molecule has 2 aliphatic heterocycles. The molecule has 0 spiro atoms. The smallest absolute Gasteiger partial charge is 0.265 e. The van der Waals surface area contributed by atoms with Gasteiger partial charge in [-0.15, -0.1) is 0 Å².